The first-order chi connectivity index (χ1) is 9.33. The minimum absolute atomic E-state index is 0.222. The van der Waals surface area contributed by atoms with Crippen molar-refractivity contribution in [1.29, 1.82) is 0 Å². The maximum atomic E-state index is 11.8. The van der Waals surface area contributed by atoms with Gasteiger partial charge in [0.25, 0.3) is 0 Å². The Morgan fingerprint density at radius 1 is 1.40 bits per heavy atom. The van der Waals surface area contributed by atoms with Gasteiger partial charge in [-0.2, -0.15) is 0 Å². The second-order valence-electron chi connectivity index (χ2n) is 6.77. The van der Waals surface area contributed by atoms with Gasteiger partial charge in [0, 0.05) is 11.8 Å². The SMILES string of the molecule is CC1CCC(O)C2(O)CC3OC(=O)C(CO)=C3CC12C. The van der Waals surface area contributed by atoms with Crippen molar-refractivity contribution in [3.05, 3.63) is 11.1 Å². The van der Waals surface area contributed by atoms with Crippen molar-refractivity contribution in [3.63, 3.8) is 0 Å². The zero-order chi connectivity index (χ0) is 14.7. The van der Waals surface area contributed by atoms with Crippen LogP contribution in [0, 0.1) is 11.3 Å². The summed E-state index contributed by atoms with van der Waals surface area (Å²) in [6.45, 7) is 3.73. The third-order valence-corrected chi connectivity index (χ3v) is 5.99. The Morgan fingerprint density at radius 3 is 2.75 bits per heavy atom. The number of aliphatic hydroxyl groups is 3. The van der Waals surface area contributed by atoms with E-state index in [1.807, 2.05) is 6.92 Å². The van der Waals surface area contributed by atoms with Gasteiger partial charge in [-0.25, -0.2) is 4.79 Å². The molecule has 0 aromatic heterocycles. The Hall–Kier alpha value is -0.910. The Labute approximate surface area is 118 Å². The van der Waals surface area contributed by atoms with Crippen LogP contribution >= 0.6 is 0 Å². The van der Waals surface area contributed by atoms with Gasteiger partial charge in [-0.15, -0.1) is 0 Å². The molecule has 3 rings (SSSR count). The van der Waals surface area contributed by atoms with Gasteiger partial charge in [-0.05, 0) is 30.8 Å². The summed E-state index contributed by atoms with van der Waals surface area (Å²) in [6, 6.07) is 0. The highest BCUT2D eigenvalue weighted by atomic mass is 16.6. The number of esters is 1. The number of fused-ring (bicyclic) bond motifs is 2. The third kappa shape index (κ3) is 1.57. The van der Waals surface area contributed by atoms with Crippen molar-refractivity contribution in [3.8, 4) is 0 Å². The summed E-state index contributed by atoms with van der Waals surface area (Å²) >= 11 is 0. The zero-order valence-electron chi connectivity index (χ0n) is 11.9. The molecule has 20 heavy (non-hydrogen) atoms. The van der Waals surface area contributed by atoms with Crippen LogP contribution in [0.4, 0.5) is 0 Å². The average molecular weight is 282 g/mol. The van der Waals surface area contributed by atoms with E-state index in [1.165, 1.54) is 0 Å². The van der Waals surface area contributed by atoms with Gasteiger partial charge in [-0.1, -0.05) is 13.8 Å². The summed E-state index contributed by atoms with van der Waals surface area (Å²) in [7, 11) is 0. The topological polar surface area (TPSA) is 87.0 Å². The second kappa shape index (κ2) is 4.29. The number of carbonyl (C=O) groups excluding carboxylic acids is 1. The summed E-state index contributed by atoms with van der Waals surface area (Å²) in [6.07, 6.45) is 0.846. The maximum absolute atomic E-state index is 11.8. The van der Waals surface area contributed by atoms with Crippen LogP contribution in [-0.2, 0) is 9.53 Å². The van der Waals surface area contributed by atoms with Crippen LogP contribution < -0.4 is 0 Å². The minimum Gasteiger partial charge on any atom is -0.454 e. The van der Waals surface area contributed by atoms with Gasteiger partial charge in [0.2, 0.25) is 0 Å². The molecule has 2 saturated carbocycles. The molecule has 0 amide bonds. The Balaban J connectivity index is 2.06. The van der Waals surface area contributed by atoms with E-state index in [4.69, 9.17) is 4.74 Å². The van der Waals surface area contributed by atoms with Crippen molar-refractivity contribution in [2.45, 2.75) is 57.3 Å². The first-order valence-corrected chi connectivity index (χ1v) is 7.27. The lowest BCUT2D eigenvalue weighted by Gasteiger charge is -2.58. The van der Waals surface area contributed by atoms with E-state index in [0.29, 0.717) is 18.4 Å². The highest BCUT2D eigenvalue weighted by Gasteiger charge is 2.62. The molecule has 0 saturated heterocycles. The molecule has 0 spiro atoms. The van der Waals surface area contributed by atoms with Crippen LogP contribution in [0.15, 0.2) is 11.1 Å². The van der Waals surface area contributed by atoms with Gasteiger partial charge >= 0.3 is 5.97 Å². The molecule has 112 valence electrons. The molecule has 5 unspecified atom stereocenters. The van der Waals surface area contributed by atoms with Crippen molar-refractivity contribution in [2.24, 2.45) is 11.3 Å². The van der Waals surface area contributed by atoms with E-state index in [1.54, 1.807) is 0 Å². The van der Waals surface area contributed by atoms with Crippen LogP contribution in [0.3, 0.4) is 0 Å². The number of hydrogen-bond donors (Lipinski definition) is 3. The predicted molar refractivity (Wildman–Crippen MR) is 70.7 cm³/mol. The summed E-state index contributed by atoms with van der Waals surface area (Å²) in [5, 5.41) is 30.7. The number of ether oxygens (including phenoxy) is 1. The van der Waals surface area contributed by atoms with Crippen LogP contribution in [-0.4, -0.2) is 45.7 Å². The average Bonchev–Trinajstić information content (AvgIpc) is 2.68. The van der Waals surface area contributed by atoms with E-state index < -0.39 is 29.2 Å². The molecule has 3 N–H and O–H groups in total. The maximum Gasteiger partial charge on any atom is 0.337 e. The summed E-state index contributed by atoms with van der Waals surface area (Å²) < 4.78 is 5.27. The Kier molecular flexibility index (Phi) is 3.01. The zero-order valence-corrected chi connectivity index (χ0v) is 11.9. The van der Waals surface area contributed by atoms with Crippen LogP contribution in [0.25, 0.3) is 0 Å². The first-order valence-electron chi connectivity index (χ1n) is 7.27. The van der Waals surface area contributed by atoms with Gasteiger partial charge in [0.05, 0.1) is 18.3 Å². The highest BCUT2D eigenvalue weighted by Crippen LogP contribution is 2.58. The first kappa shape index (κ1) is 14.0. The summed E-state index contributed by atoms with van der Waals surface area (Å²) in [5.74, 6) is -0.250. The minimum atomic E-state index is -1.23. The third-order valence-electron chi connectivity index (χ3n) is 5.99. The van der Waals surface area contributed by atoms with Crippen LogP contribution in [0.2, 0.25) is 0 Å². The summed E-state index contributed by atoms with van der Waals surface area (Å²) in [4.78, 5) is 11.8. The van der Waals surface area contributed by atoms with Gasteiger partial charge in [0.15, 0.2) is 0 Å². The number of hydrogen-bond acceptors (Lipinski definition) is 5. The number of carbonyl (C=O) groups is 1. The standard InChI is InChI=1S/C15H22O5/c1-8-3-4-12(17)15(19)6-11-9(5-14(8,15)2)10(7-16)13(18)20-11/h8,11-12,16-17,19H,3-7H2,1-2H3. The second-order valence-corrected chi connectivity index (χ2v) is 6.77. The van der Waals surface area contributed by atoms with E-state index in [0.717, 1.165) is 12.0 Å². The normalized spacial score (nSPS) is 47.9. The summed E-state index contributed by atoms with van der Waals surface area (Å²) in [5.41, 5.74) is -0.578. The highest BCUT2D eigenvalue weighted by molar-refractivity contribution is 5.92. The monoisotopic (exact) mass is 282 g/mol. The van der Waals surface area contributed by atoms with Gasteiger partial charge in [0.1, 0.15) is 11.7 Å². The lowest BCUT2D eigenvalue weighted by molar-refractivity contribution is -0.221. The van der Waals surface area contributed by atoms with E-state index in [-0.39, 0.29) is 18.9 Å². The van der Waals surface area contributed by atoms with Crippen molar-refractivity contribution in [2.75, 3.05) is 6.61 Å². The van der Waals surface area contributed by atoms with E-state index in [2.05, 4.69) is 6.92 Å². The molecule has 1 aliphatic heterocycles. The molecule has 0 bridgehead atoms. The lowest BCUT2D eigenvalue weighted by atomic mass is 9.51. The molecule has 5 atom stereocenters. The molecule has 2 fully saturated rings. The Bertz CT molecular complexity index is 485. The Morgan fingerprint density at radius 2 is 2.10 bits per heavy atom. The fourth-order valence-corrected chi connectivity index (χ4v) is 4.30. The number of rotatable bonds is 1. The quantitative estimate of drug-likeness (QED) is 0.610. The molecule has 1 heterocycles. The molecule has 2 aliphatic carbocycles. The smallest absolute Gasteiger partial charge is 0.337 e. The molecule has 5 nitrogen and oxygen atoms in total. The van der Waals surface area contributed by atoms with Gasteiger partial charge < -0.3 is 20.1 Å². The van der Waals surface area contributed by atoms with Crippen LogP contribution in [0.5, 0.6) is 0 Å². The molecule has 5 heteroatoms. The predicted octanol–water partition coefficient (Wildman–Crippen LogP) is 0.523. The van der Waals surface area contributed by atoms with Crippen LogP contribution in [0.1, 0.15) is 39.5 Å². The molecular weight excluding hydrogens is 260 g/mol. The van der Waals surface area contributed by atoms with Gasteiger partial charge in [-0.3, -0.25) is 0 Å². The molecule has 0 aromatic rings. The lowest BCUT2D eigenvalue weighted by Crippen LogP contribution is -2.64. The van der Waals surface area contributed by atoms with E-state index >= 15 is 0 Å². The molecule has 0 radical (unpaired) electrons. The molecular formula is C15H22O5. The molecule has 0 aromatic carbocycles. The largest absolute Gasteiger partial charge is 0.454 e. The fraction of sp³-hybridized carbons (Fsp3) is 0.800. The number of aliphatic hydroxyl groups excluding tert-OH is 2. The molecule has 3 aliphatic rings. The van der Waals surface area contributed by atoms with E-state index in [9.17, 15) is 20.1 Å². The fourth-order valence-electron chi connectivity index (χ4n) is 4.30. The van der Waals surface area contributed by atoms with Crippen molar-refractivity contribution < 1.29 is 24.9 Å². The van der Waals surface area contributed by atoms with Crippen molar-refractivity contribution >= 4 is 5.97 Å². The van der Waals surface area contributed by atoms with Crippen molar-refractivity contribution in [1.82, 2.24) is 0 Å².